The Morgan fingerprint density at radius 2 is 1.86 bits per heavy atom. The molecule has 0 bridgehead atoms. The van der Waals surface area contributed by atoms with Crippen LogP contribution < -0.4 is 10.7 Å². The zero-order chi connectivity index (χ0) is 27.2. The summed E-state index contributed by atoms with van der Waals surface area (Å²) in [4.78, 5) is 21.8. The van der Waals surface area contributed by atoms with Gasteiger partial charge in [-0.15, -0.1) is 0 Å². The molecule has 3 unspecified atom stereocenters. The van der Waals surface area contributed by atoms with Crippen molar-refractivity contribution in [1.29, 1.82) is 0 Å². The van der Waals surface area contributed by atoms with E-state index >= 15 is 0 Å². The Kier molecular flexibility index (Phi) is 8.00. The second-order valence-electron chi connectivity index (χ2n) is 10.0. The largest absolute Gasteiger partial charge is 0.395 e. The van der Waals surface area contributed by atoms with E-state index in [9.17, 15) is 23.1 Å². The zero-order valence-electron chi connectivity index (χ0n) is 21.2. The van der Waals surface area contributed by atoms with Crippen LogP contribution in [0.5, 0.6) is 0 Å². The number of hydrogen-bond acceptors (Lipinski definition) is 4. The molecule has 1 aliphatic heterocycles. The Bertz CT molecular complexity index is 1310. The first kappa shape index (κ1) is 28.0. The van der Waals surface area contributed by atoms with Crippen molar-refractivity contribution in [2.75, 3.05) is 32.7 Å². The lowest BCUT2D eigenvalue weighted by atomic mass is 9.84. The molecule has 1 aliphatic carbocycles. The maximum atomic E-state index is 13.6. The minimum atomic E-state index is -4.36. The van der Waals surface area contributed by atoms with Crippen molar-refractivity contribution in [1.82, 2.24) is 19.4 Å². The second kappa shape index (κ2) is 10.6. The number of nitrogens with zero attached hydrogens (tertiary/aromatic N) is 4. The number of alkyl halides is 3. The highest BCUT2D eigenvalue weighted by Crippen LogP contribution is 2.37. The van der Waals surface area contributed by atoms with E-state index in [1.54, 1.807) is 49.4 Å². The molecule has 1 aromatic carbocycles. The van der Waals surface area contributed by atoms with Crippen molar-refractivity contribution >= 4 is 40.8 Å². The van der Waals surface area contributed by atoms with Crippen molar-refractivity contribution in [2.45, 2.75) is 39.5 Å². The van der Waals surface area contributed by atoms with Crippen molar-refractivity contribution in [3.63, 3.8) is 0 Å². The van der Waals surface area contributed by atoms with Crippen LogP contribution in [0.15, 0.2) is 12.1 Å². The summed E-state index contributed by atoms with van der Waals surface area (Å²) in [6, 6.07) is 3.22. The number of piperazine rings is 1. The van der Waals surface area contributed by atoms with Gasteiger partial charge < -0.3 is 14.6 Å². The van der Waals surface area contributed by atoms with Gasteiger partial charge in [-0.1, -0.05) is 30.1 Å². The summed E-state index contributed by atoms with van der Waals surface area (Å²) in [5.41, 5.74) is 1.41. The Labute approximate surface area is 224 Å². The van der Waals surface area contributed by atoms with Crippen LogP contribution in [0, 0.1) is 11.8 Å². The number of carbonyl (C=O) groups excluding carboxylic acids is 1. The molecule has 11 heteroatoms. The summed E-state index contributed by atoms with van der Waals surface area (Å²) in [5, 5.41) is 11.1. The highest BCUT2D eigenvalue weighted by Gasteiger charge is 2.43. The summed E-state index contributed by atoms with van der Waals surface area (Å²) < 4.78 is 42.6. The number of amides is 1. The monoisotopic (exact) mass is 558 g/mol. The van der Waals surface area contributed by atoms with Crippen LogP contribution in [0.2, 0.25) is 10.0 Å². The molecule has 1 N–H and O–H groups in total. The van der Waals surface area contributed by atoms with Crippen molar-refractivity contribution in [3.05, 3.63) is 49.8 Å². The lowest BCUT2D eigenvalue weighted by molar-refractivity contribution is -0.163. The number of fused-ring (bicyclic) bond motifs is 1. The first-order chi connectivity index (χ1) is 17.3. The first-order valence-corrected chi connectivity index (χ1v) is 13.0. The molecule has 1 aromatic heterocycles. The van der Waals surface area contributed by atoms with Gasteiger partial charge in [-0.25, -0.2) is 4.98 Å². The average molecular weight is 559 g/mol. The average Bonchev–Trinajstić information content (AvgIpc) is 3.13. The third-order valence-electron chi connectivity index (χ3n) is 7.48. The van der Waals surface area contributed by atoms with Crippen LogP contribution in [0.25, 0.3) is 11.6 Å². The molecular weight excluding hydrogens is 528 g/mol. The first-order valence-electron chi connectivity index (χ1n) is 12.3. The molecule has 2 aromatic rings. The lowest BCUT2D eigenvalue weighted by Gasteiger charge is -2.35. The number of carbonyl (C=O) groups is 1. The SMILES string of the molecule is CC1=c2nc(Cc3c(Cl)ccc(C(=O)N4CCN(CC(C)O)CC4)c3Cl)n(C)c2=CC(C(F)(F)F)C1C. The molecule has 0 radical (unpaired) electrons. The number of rotatable bonds is 5. The molecule has 202 valence electrons. The molecule has 0 spiro atoms. The molecule has 6 nitrogen and oxygen atoms in total. The van der Waals surface area contributed by atoms with E-state index in [0.717, 1.165) is 0 Å². The van der Waals surface area contributed by atoms with Gasteiger partial charge in [0.1, 0.15) is 5.82 Å². The molecule has 4 rings (SSSR count). The number of aliphatic hydroxyl groups is 1. The Balaban J connectivity index is 1.63. The molecule has 0 saturated carbocycles. The molecule has 1 amide bonds. The number of benzene rings is 1. The summed E-state index contributed by atoms with van der Waals surface area (Å²) in [6.45, 7) is 7.86. The van der Waals surface area contributed by atoms with Crippen LogP contribution in [0.4, 0.5) is 13.2 Å². The number of aromatic nitrogens is 2. The second-order valence-corrected chi connectivity index (χ2v) is 10.8. The highest BCUT2D eigenvalue weighted by atomic mass is 35.5. The summed E-state index contributed by atoms with van der Waals surface area (Å²) >= 11 is 13.2. The van der Waals surface area contributed by atoms with Crippen LogP contribution in [0.1, 0.15) is 42.5 Å². The van der Waals surface area contributed by atoms with Crippen molar-refractivity contribution < 1.29 is 23.1 Å². The van der Waals surface area contributed by atoms with Gasteiger partial charge in [-0.2, -0.15) is 13.2 Å². The Morgan fingerprint density at radius 3 is 2.46 bits per heavy atom. The topological polar surface area (TPSA) is 61.6 Å². The van der Waals surface area contributed by atoms with Crippen LogP contribution >= 0.6 is 23.2 Å². The van der Waals surface area contributed by atoms with Gasteiger partial charge in [0.25, 0.3) is 5.91 Å². The fourth-order valence-corrected chi connectivity index (χ4v) is 5.72. The lowest BCUT2D eigenvalue weighted by Crippen LogP contribution is -2.50. The standard InChI is InChI=1S/C26H31Cl2F3N4O2/c1-14(36)13-34-7-9-35(10-8-34)25(37)17-5-6-20(27)18(23(17)28)11-22-32-24-16(3)15(2)19(26(29,30)31)12-21(24)33(22)4/h5-6,12,14-15,19,36H,7-11,13H2,1-4H3. The van der Waals surface area contributed by atoms with Gasteiger partial charge in [-0.3, -0.25) is 9.69 Å². The van der Waals surface area contributed by atoms with Crippen molar-refractivity contribution in [2.24, 2.45) is 18.9 Å². The van der Waals surface area contributed by atoms with Gasteiger partial charge in [0.2, 0.25) is 0 Å². The van der Waals surface area contributed by atoms with Gasteiger partial charge in [0, 0.05) is 51.2 Å². The Hall–Kier alpha value is -2.07. The number of hydrogen-bond donors (Lipinski definition) is 1. The fraction of sp³-hybridized carbons (Fsp3) is 0.538. The quantitative estimate of drug-likeness (QED) is 0.612. The summed E-state index contributed by atoms with van der Waals surface area (Å²) in [6.07, 6.45) is -3.39. The predicted molar refractivity (Wildman–Crippen MR) is 138 cm³/mol. The normalized spacial score (nSPS) is 21.6. The van der Waals surface area contributed by atoms with E-state index in [0.29, 0.717) is 71.0 Å². The third kappa shape index (κ3) is 5.55. The van der Waals surface area contributed by atoms with E-state index < -0.39 is 24.1 Å². The summed E-state index contributed by atoms with van der Waals surface area (Å²) in [5.74, 6) is -2.00. The van der Waals surface area contributed by atoms with E-state index in [2.05, 4.69) is 9.88 Å². The Morgan fingerprint density at radius 1 is 1.22 bits per heavy atom. The van der Waals surface area contributed by atoms with Crippen molar-refractivity contribution in [3.8, 4) is 0 Å². The van der Waals surface area contributed by atoms with E-state index in [1.165, 1.54) is 6.08 Å². The van der Waals surface area contributed by atoms with E-state index in [-0.39, 0.29) is 17.4 Å². The van der Waals surface area contributed by atoms with Crippen LogP contribution in [0.3, 0.4) is 0 Å². The van der Waals surface area contributed by atoms with Gasteiger partial charge in [-0.05, 0) is 49.1 Å². The number of β-amino-alcohol motifs (C(OH)–C–C–N with tert-alkyl or cyclic N) is 1. The number of halogens is 5. The van der Waals surface area contributed by atoms with Gasteiger partial charge in [0.15, 0.2) is 0 Å². The number of imidazole rings is 1. The zero-order valence-corrected chi connectivity index (χ0v) is 22.8. The fourth-order valence-electron chi connectivity index (χ4n) is 5.14. The molecule has 2 aliphatic rings. The minimum Gasteiger partial charge on any atom is -0.392 e. The maximum absolute atomic E-state index is 13.6. The van der Waals surface area contributed by atoms with Gasteiger partial charge in [0.05, 0.1) is 33.3 Å². The van der Waals surface area contributed by atoms with Gasteiger partial charge >= 0.3 is 6.18 Å². The minimum absolute atomic E-state index is 0.163. The maximum Gasteiger partial charge on any atom is 0.395 e. The van der Waals surface area contributed by atoms with Crippen LogP contribution in [-0.4, -0.2) is 75.4 Å². The summed E-state index contributed by atoms with van der Waals surface area (Å²) in [7, 11) is 1.68. The molecule has 37 heavy (non-hydrogen) atoms. The molecule has 1 fully saturated rings. The molecule has 2 heterocycles. The highest BCUT2D eigenvalue weighted by molar-refractivity contribution is 6.38. The van der Waals surface area contributed by atoms with E-state index in [4.69, 9.17) is 23.2 Å². The van der Waals surface area contributed by atoms with E-state index in [1.807, 2.05) is 0 Å². The van der Waals surface area contributed by atoms with Crippen LogP contribution in [-0.2, 0) is 13.5 Å². The number of aliphatic hydroxyl groups excluding tert-OH is 1. The molecule has 3 atom stereocenters. The molecular formula is C26H31Cl2F3N4O2. The smallest absolute Gasteiger partial charge is 0.392 e. The molecule has 1 saturated heterocycles. The predicted octanol–water partition coefficient (Wildman–Crippen LogP) is 3.24. The third-order valence-corrected chi connectivity index (χ3v) is 8.26.